The van der Waals surface area contributed by atoms with E-state index in [2.05, 4.69) is 5.32 Å². The smallest absolute Gasteiger partial charge is 0.339 e. The largest absolute Gasteiger partial charge is 0.383 e. The predicted molar refractivity (Wildman–Crippen MR) is 128 cm³/mol. The summed E-state index contributed by atoms with van der Waals surface area (Å²) in [5, 5.41) is 2.56. The quantitative estimate of drug-likeness (QED) is 0.425. The number of carbonyl (C=O) groups is 2. The summed E-state index contributed by atoms with van der Waals surface area (Å²) >= 11 is 0. The molecule has 3 aromatic rings. The van der Waals surface area contributed by atoms with E-state index in [1.54, 1.807) is 18.2 Å². The van der Waals surface area contributed by atoms with E-state index in [4.69, 9.17) is 8.92 Å². The van der Waals surface area contributed by atoms with Gasteiger partial charge in [0.1, 0.15) is 16.5 Å². The third kappa shape index (κ3) is 7.11. The summed E-state index contributed by atoms with van der Waals surface area (Å²) in [5.74, 6) is -1.28. The molecule has 0 radical (unpaired) electrons. The SMILES string of the molecule is COCCN(Cc1ccc(OS(=O)(=O)c2ccc(NC(C)=O)cc2)cc1)C(=O)c1ccccc1F. The molecule has 0 fully saturated rings. The normalized spacial score (nSPS) is 11.1. The van der Waals surface area contributed by atoms with Crippen LogP contribution in [-0.4, -0.2) is 45.4 Å². The molecule has 0 aliphatic carbocycles. The van der Waals surface area contributed by atoms with Crippen LogP contribution in [0.1, 0.15) is 22.8 Å². The number of methoxy groups -OCH3 is 1. The summed E-state index contributed by atoms with van der Waals surface area (Å²) in [6, 6.07) is 17.5. The fourth-order valence-corrected chi connectivity index (χ4v) is 4.14. The highest BCUT2D eigenvalue weighted by atomic mass is 32.2. The van der Waals surface area contributed by atoms with Crippen molar-refractivity contribution < 1.29 is 31.3 Å². The van der Waals surface area contributed by atoms with Gasteiger partial charge >= 0.3 is 10.1 Å². The van der Waals surface area contributed by atoms with E-state index in [0.29, 0.717) is 11.3 Å². The third-order valence-corrected chi connectivity index (χ3v) is 6.18. The highest BCUT2D eigenvalue weighted by Gasteiger charge is 2.20. The van der Waals surface area contributed by atoms with Crippen molar-refractivity contribution in [3.63, 3.8) is 0 Å². The van der Waals surface area contributed by atoms with Gasteiger partial charge in [0.25, 0.3) is 5.91 Å². The molecule has 184 valence electrons. The summed E-state index contributed by atoms with van der Waals surface area (Å²) in [5.41, 5.74) is 1.11. The second kappa shape index (κ2) is 11.6. The molecule has 0 aromatic heterocycles. The molecular formula is C25H25FN2O6S. The van der Waals surface area contributed by atoms with Gasteiger partial charge in [-0.05, 0) is 54.1 Å². The number of benzene rings is 3. The monoisotopic (exact) mass is 500 g/mol. The first-order valence-electron chi connectivity index (χ1n) is 10.6. The van der Waals surface area contributed by atoms with E-state index in [9.17, 15) is 22.4 Å². The van der Waals surface area contributed by atoms with Crippen molar-refractivity contribution in [3.05, 3.63) is 89.7 Å². The maximum Gasteiger partial charge on any atom is 0.339 e. The zero-order chi connectivity index (χ0) is 25.4. The lowest BCUT2D eigenvalue weighted by Crippen LogP contribution is -2.34. The summed E-state index contributed by atoms with van der Waals surface area (Å²) in [7, 11) is -2.59. The zero-order valence-electron chi connectivity index (χ0n) is 19.2. The molecule has 0 saturated carbocycles. The van der Waals surface area contributed by atoms with Gasteiger partial charge in [-0.3, -0.25) is 9.59 Å². The molecule has 0 unspecified atom stereocenters. The van der Waals surface area contributed by atoms with E-state index in [-0.39, 0.29) is 41.8 Å². The van der Waals surface area contributed by atoms with Gasteiger partial charge in [0.2, 0.25) is 5.91 Å². The number of nitrogens with zero attached hydrogens (tertiary/aromatic N) is 1. The van der Waals surface area contributed by atoms with Gasteiger partial charge in [-0.1, -0.05) is 24.3 Å². The van der Waals surface area contributed by atoms with Crippen LogP contribution in [0.25, 0.3) is 0 Å². The van der Waals surface area contributed by atoms with Gasteiger partial charge in [-0.2, -0.15) is 8.42 Å². The van der Waals surface area contributed by atoms with Crippen LogP contribution >= 0.6 is 0 Å². The van der Waals surface area contributed by atoms with Crippen molar-refractivity contribution in [1.82, 2.24) is 4.90 Å². The summed E-state index contributed by atoms with van der Waals surface area (Å²) in [6.07, 6.45) is 0. The third-order valence-electron chi connectivity index (χ3n) is 4.92. The summed E-state index contributed by atoms with van der Waals surface area (Å²) in [4.78, 5) is 25.4. The molecule has 10 heteroatoms. The minimum atomic E-state index is -4.10. The molecule has 8 nitrogen and oxygen atoms in total. The van der Waals surface area contributed by atoms with Crippen molar-refractivity contribution in [2.45, 2.75) is 18.4 Å². The zero-order valence-corrected chi connectivity index (χ0v) is 20.0. The fourth-order valence-electron chi connectivity index (χ4n) is 3.21. The van der Waals surface area contributed by atoms with Crippen molar-refractivity contribution in [2.75, 3.05) is 25.6 Å². The van der Waals surface area contributed by atoms with E-state index in [0.717, 1.165) is 0 Å². The Balaban J connectivity index is 1.71. The summed E-state index contributed by atoms with van der Waals surface area (Å²) < 4.78 is 49.6. The molecule has 3 rings (SSSR count). The van der Waals surface area contributed by atoms with Crippen molar-refractivity contribution in [3.8, 4) is 5.75 Å². The molecule has 1 N–H and O–H groups in total. The first-order valence-corrected chi connectivity index (χ1v) is 12.0. The van der Waals surface area contributed by atoms with Gasteiger partial charge in [0, 0.05) is 32.8 Å². The van der Waals surface area contributed by atoms with Crippen LogP contribution in [0, 0.1) is 5.82 Å². The van der Waals surface area contributed by atoms with Crippen molar-refractivity contribution in [1.29, 1.82) is 0 Å². The first kappa shape index (κ1) is 25.9. The summed E-state index contributed by atoms with van der Waals surface area (Å²) in [6.45, 7) is 2.02. The number of carbonyl (C=O) groups excluding carboxylic acids is 2. The molecule has 0 aliphatic rings. The molecular weight excluding hydrogens is 475 g/mol. The van der Waals surface area contributed by atoms with Crippen molar-refractivity contribution in [2.24, 2.45) is 0 Å². The highest BCUT2D eigenvalue weighted by Crippen LogP contribution is 2.22. The Morgan fingerprint density at radius 3 is 2.23 bits per heavy atom. The number of rotatable bonds is 10. The molecule has 0 spiro atoms. The Morgan fingerprint density at radius 1 is 0.971 bits per heavy atom. The van der Waals surface area contributed by atoms with Gasteiger partial charge in [-0.25, -0.2) is 4.39 Å². The molecule has 2 amide bonds. The lowest BCUT2D eigenvalue weighted by Gasteiger charge is -2.23. The molecule has 0 saturated heterocycles. The van der Waals surface area contributed by atoms with Crippen LogP contribution in [0.15, 0.2) is 77.7 Å². The standard InChI is InChI=1S/C25H25FN2O6S/c1-18(29)27-20-9-13-22(14-10-20)35(31,32)34-21-11-7-19(8-12-21)17-28(15-16-33-2)25(30)23-5-3-4-6-24(23)26/h3-14H,15-17H2,1-2H3,(H,27,29). The molecule has 0 atom stereocenters. The number of ether oxygens (including phenoxy) is 1. The topological polar surface area (TPSA) is 102 Å². The van der Waals surface area contributed by atoms with Gasteiger partial charge in [0.15, 0.2) is 0 Å². The van der Waals surface area contributed by atoms with E-state index in [1.165, 1.54) is 73.5 Å². The molecule has 35 heavy (non-hydrogen) atoms. The van der Waals surface area contributed by atoms with E-state index < -0.39 is 21.8 Å². The van der Waals surface area contributed by atoms with Crippen LogP contribution in [0.4, 0.5) is 10.1 Å². The predicted octanol–water partition coefficient (Wildman–Crippen LogP) is 3.84. The molecule has 0 aliphatic heterocycles. The number of halogens is 1. The lowest BCUT2D eigenvalue weighted by molar-refractivity contribution is -0.114. The second-order valence-corrected chi connectivity index (χ2v) is 9.13. The highest BCUT2D eigenvalue weighted by molar-refractivity contribution is 7.87. The van der Waals surface area contributed by atoms with E-state index in [1.807, 2.05) is 0 Å². The first-order chi connectivity index (χ1) is 16.7. The van der Waals surface area contributed by atoms with Gasteiger partial charge in [0.05, 0.1) is 12.2 Å². The Morgan fingerprint density at radius 2 is 1.63 bits per heavy atom. The lowest BCUT2D eigenvalue weighted by atomic mass is 10.1. The number of amides is 2. The maximum atomic E-state index is 14.1. The van der Waals surface area contributed by atoms with Crippen LogP contribution < -0.4 is 9.50 Å². The van der Waals surface area contributed by atoms with Gasteiger partial charge < -0.3 is 19.1 Å². The Kier molecular flexibility index (Phi) is 8.56. The fraction of sp³-hybridized carbons (Fsp3) is 0.200. The Hall–Kier alpha value is -3.76. The van der Waals surface area contributed by atoms with Crippen LogP contribution in [-0.2, 0) is 26.2 Å². The van der Waals surface area contributed by atoms with Crippen LogP contribution in [0.2, 0.25) is 0 Å². The average Bonchev–Trinajstić information content (AvgIpc) is 2.82. The van der Waals surface area contributed by atoms with Gasteiger partial charge in [-0.15, -0.1) is 0 Å². The Bertz CT molecular complexity index is 1280. The van der Waals surface area contributed by atoms with E-state index >= 15 is 0 Å². The minimum absolute atomic E-state index is 0.0424. The maximum absolute atomic E-state index is 14.1. The number of hydrogen-bond donors (Lipinski definition) is 1. The molecule has 0 heterocycles. The number of hydrogen-bond acceptors (Lipinski definition) is 6. The van der Waals surface area contributed by atoms with Crippen molar-refractivity contribution >= 4 is 27.6 Å². The Labute approximate surface area is 203 Å². The van der Waals surface area contributed by atoms with Crippen LogP contribution in [0.3, 0.4) is 0 Å². The second-order valence-electron chi connectivity index (χ2n) is 7.59. The number of anilines is 1. The molecule has 3 aromatic carbocycles. The van der Waals surface area contributed by atoms with Crippen LogP contribution in [0.5, 0.6) is 5.75 Å². The number of nitrogens with one attached hydrogen (secondary N) is 1. The average molecular weight is 501 g/mol. The minimum Gasteiger partial charge on any atom is -0.383 e. The molecule has 0 bridgehead atoms.